The fraction of sp³-hybridized carbons (Fsp3) is 0.278. The number of aliphatic carboxylic acids is 3. The molecule has 0 saturated carbocycles. The number of anilines is 1. The maximum atomic E-state index is 10.7. The molecule has 0 aliphatic heterocycles. The van der Waals surface area contributed by atoms with Gasteiger partial charge >= 0.3 is 17.9 Å². The molecule has 1 aromatic carbocycles. The SMILES string of the molecule is CNc1[nH]cc(CCC(=O)O)c1CC(=O)O.O=C(O)Cc1ccccc1. The van der Waals surface area contributed by atoms with E-state index in [1.807, 2.05) is 18.2 Å². The number of hydrogen-bond acceptors (Lipinski definition) is 4. The molecule has 26 heavy (non-hydrogen) atoms. The van der Waals surface area contributed by atoms with Crippen molar-refractivity contribution < 1.29 is 29.7 Å². The summed E-state index contributed by atoms with van der Waals surface area (Å²) in [7, 11) is 1.68. The molecule has 2 rings (SSSR count). The number of nitrogens with one attached hydrogen (secondary N) is 2. The van der Waals surface area contributed by atoms with E-state index in [0.717, 1.165) is 11.1 Å². The Balaban J connectivity index is 0.000000289. The summed E-state index contributed by atoms with van der Waals surface area (Å²) in [6.07, 6.45) is 1.96. The Kier molecular flexibility index (Phi) is 8.42. The van der Waals surface area contributed by atoms with E-state index in [9.17, 15) is 14.4 Å². The molecule has 0 unspecified atom stereocenters. The van der Waals surface area contributed by atoms with E-state index in [-0.39, 0.29) is 19.3 Å². The second-order valence-electron chi connectivity index (χ2n) is 5.44. The van der Waals surface area contributed by atoms with Gasteiger partial charge in [0.15, 0.2) is 0 Å². The third-order valence-corrected chi connectivity index (χ3v) is 3.46. The summed E-state index contributed by atoms with van der Waals surface area (Å²) in [5.74, 6) is -1.99. The number of carbonyl (C=O) groups is 3. The monoisotopic (exact) mass is 362 g/mol. The van der Waals surface area contributed by atoms with Gasteiger partial charge in [0.25, 0.3) is 0 Å². The zero-order chi connectivity index (χ0) is 19.5. The zero-order valence-corrected chi connectivity index (χ0v) is 14.4. The second kappa shape index (κ2) is 10.5. The third kappa shape index (κ3) is 7.52. The van der Waals surface area contributed by atoms with Gasteiger partial charge in [0, 0.05) is 25.2 Å². The van der Waals surface area contributed by atoms with Crippen LogP contribution in [0.4, 0.5) is 5.82 Å². The minimum absolute atomic E-state index is 0.00632. The predicted molar refractivity (Wildman–Crippen MR) is 95.4 cm³/mol. The lowest BCUT2D eigenvalue weighted by Gasteiger charge is -2.03. The largest absolute Gasteiger partial charge is 0.481 e. The normalized spacial score (nSPS) is 9.73. The summed E-state index contributed by atoms with van der Waals surface area (Å²) in [5, 5.41) is 28.5. The minimum Gasteiger partial charge on any atom is -0.481 e. The highest BCUT2D eigenvalue weighted by Crippen LogP contribution is 2.20. The number of carboxylic acid groups (broad SMARTS) is 3. The fourth-order valence-electron chi connectivity index (χ4n) is 2.31. The van der Waals surface area contributed by atoms with Crippen molar-refractivity contribution in [2.45, 2.75) is 25.7 Å². The Hall–Kier alpha value is -3.29. The van der Waals surface area contributed by atoms with Gasteiger partial charge in [-0.25, -0.2) is 0 Å². The number of aromatic nitrogens is 1. The van der Waals surface area contributed by atoms with Crippen LogP contribution in [0.5, 0.6) is 0 Å². The summed E-state index contributed by atoms with van der Waals surface area (Å²) in [4.78, 5) is 34.2. The van der Waals surface area contributed by atoms with E-state index >= 15 is 0 Å². The van der Waals surface area contributed by atoms with Gasteiger partial charge in [0.2, 0.25) is 0 Å². The fourth-order valence-corrected chi connectivity index (χ4v) is 2.31. The first-order chi connectivity index (χ1) is 12.3. The number of carboxylic acids is 3. The van der Waals surface area contributed by atoms with Crippen molar-refractivity contribution in [1.29, 1.82) is 0 Å². The van der Waals surface area contributed by atoms with Crippen molar-refractivity contribution in [3.63, 3.8) is 0 Å². The molecule has 0 radical (unpaired) electrons. The van der Waals surface area contributed by atoms with Crippen LogP contribution in [0.2, 0.25) is 0 Å². The van der Waals surface area contributed by atoms with Crippen LogP contribution in [0.3, 0.4) is 0 Å². The third-order valence-electron chi connectivity index (χ3n) is 3.46. The average molecular weight is 362 g/mol. The molecule has 0 aliphatic carbocycles. The van der Waals surface area contributed by atoms with Crippen LogP contribution in [0.15, 0.2) is 36.5 Å². The van der Waals surface area contributed by atoms with Crippen molar-refractivity contribution >= 4 is 23.7 Å². The maximum absolute atomic E-state index is 10.7. The van der Waals surface area contributed by atoms with Gasteiger partial charge in [-0.05, 0) is 17.5 Å². The molecule has 1 aromatic heterocycles. The quantitative estimate of drug-likeness (QED) is 0.484. The van der Waals surface area contributed by atoms with E-state index in [2.05, 4.69) is 10.3 Å². The van der Waals surface area contributed by atoms with Crippen LogP contribution in [0.25, 0.3) is 0 Å². The Morgan fingerprint density at radius 3 is 2.08 bits per heavy atom. The molecule has 8 heteroatoms. The van der Waals surface area contributed by atoms with E-state index in [1.54, 1.807) is 25.4 Å². The van der Waals surface area contributed by atoms with Gasteiger partial charge in [-0.3, -0.25) is 14.4 Å². The van der Waals surface area contributed by atoms with Gasteiger partial charge < -0.3 is 25.6 Å². The van der Waals surface area contributed by atoms with E-state index in [4.69, 9.17) is 15.3 Å². The maximum Gasteiger partial charge on any atom is 0.307 e. The average Bonchev–Trinajstić information content (AvgIpc) is 2.95. The molecule has 2 aromatic rings. The Morgan fingerprint density at radius 2 is 1.58 bits per heavy atom. The molecule has 0 fully saturated rings. The van der Waals surface area contributed by atoms with Crippen LogP contribution in [-0.4, -0.2) is 45.3 Å². The van der Waals surface area contributed by atoms with E-state index in [0.29, 0.717) is 17.8 Å². The predicted octanol–water partition coefficient (Wildman–Crippen LogP) is 2.01. The molecular formula is C18H22N2O6. The Morgan fingerprint density at radius 1 is 0.962 bits per heavy atom. The lowest BCUT2D eigenvalue weighted by molar-refractivity contribution is -0.137. The molecule has 0 amide bonds. The molecule has 0 spiro atoms. The highest BCUT2D eigenvalue weighted by atomic mass is 16.4. The van der Waals surface area contributed by atoms with Crippen LogP contribution < -0.4 is 5.32 Å². The summed E-state index contributed by atoms with van der Waals surface area (Å²) < 4.78 is 0. The minimum atomic E-state index is -0.937. The summed E-state index contributed by atoms with van der Waals surface area (Å²) in [6.45, 7) is 0. The van der Waals surface area contributed by atoms with Gasteiger partial charge in [-0.15, -0.1) is 0 Å². The zero-order valence-electron chi connectivity index (χ0n) is 14.4. The molecule has 0 atom stereocenters. The molecule has 8 nitrogen and oxygen atoms in total. The number of rotatable bonds is 8. The van der Waals surface area contributed by atoms with Gasteiger partial charge in [-0.2, -0.15) is 0 Å². The molecular weight excluding hydrogens is 340 g/mol. The molecule has 140 valence electrons. The van der Waals surface area contributed by atoms with Crippen LogP contribution in [0.1, 0.15) is 23.1 Å². The van der Waals surface area contributed by atoms with Crippen molar-refractivity contribution in [1.82, 2.24) is 4.98 Å². The first kappa shape index (κ1) is 20.8. The standard InChI is InChI=1S/C10H14N2O4.C8H8O2/c1-11-10-7(4-9(15)16)6(5-12-10)2-3-8(13)14;9-8(10)6-7-4-2-1-3-5-7/h5,11-12H,2-4H2,1H3,(H,13,14)(H,15,16);1-5H,6H2,(H,9,10). The summed E-state index contributed by atoms with van der Waals surface area (Å²) in [6, 6.07) is 9.13. The number of H-pyrrole nitrogens is 1. The lowest BCUT2D eigenvalue weighted by atomic mass is 10.1. The summed E-state index contributed by atoms with van der Waals surface area (Å²) >= 11 is 0. The van der Waals surface area contributed by atoms with Crippen molar-refractivity contribution in [3.05, 3.63) is 53.2 Å². The topological polar surface area (TPSA) is 140 Å². The lowest BCUT2D eigenvalue weighted by Crippen LogP contribution is -2.06. The van der Waals surface area contributed by atoms with Crippen LogP contribution in [-0.2, 0) is 33.6 Å². The number of aryl methyl sites for hydroxylation is 1. The number of benzene rings is 1. The van der Waals surface area contributed by atoms with Crippen molar-refractivity contribution in [3.8, 4) is 0 Å². The van der Waals surface area contributed by atoms with Gasteiger partial charge in [0.05, 0.1) is 12.8 Å². The molecule has 0 saturated heterocycles. The Labute approximate surface area is 150 Å². The van der Waals surface area contributed by atoms with Crippen LogP contribution in [0, 0.1) is 0 Å². The highest BCUT2D eigenvalue weighted by molar-refractivity contribution is 5.74. The van der Waals surface area contributed by atoms with E-state index < -0.39 is 17.9 Å². The molecule has 1 heterocycles. The highest BCUT2D eigenvalue weighted by Gasteiger charge is 2.14. The van der Waals surface area contributed by atoms with E-state index in [1.165, 1.54) is 0 Å². The first-order valence-electron chi connectivity index (χ1n) is 7.89. The number of aromatic amines is 1. The summed E-state index contributed by atoms with van der Waals surface area (Å²) in [5.41, 5.74) is 2.19. The second-order valence-corrected chi connectivity index (χ2v) is 5.44. The van der Waals surface area contributed by atoms with Gasteiger partial charge in [-0.1, -0.05) is 30.3 Å². The molecule has 0 bridgehead atoms. The van der Waals surface area contributed by atoms with Gasteiger partial charge in [0.1, 0.15) is 5.82 Å². The Bertz CT molecular complexity index is 739. The number of hydrogen-bond donors (Lipinski definition) is 5. The van der Waals surface area contributed by atoms with Crippen LogP contribution >= 0.6 is 0 Å². The van der Waals surface area contributed by atoms with Crippen molar-refractivity contribution in [2.75, 3.05) is 12.4 Å². The smallest absolute Gasteiger partial charge is 0.307 e. The molecule has 5 N–H and O–H groups in total. The first-order valence-corrected chi connectivity index (χ1v) is 7.89. The molecule has 0 aliphatic rings. The van der Waals surface area contributed by atoms with Crippen molar-refractivity contribution in [2.24, 2.45) is 0 Å².